The van der Waals surface area contributed by atoms with Gasteiger partial charge in [0, 0.05) is 35.3 Å². The van der Waals surface area contributed by atoms with Gasteiger partial charge in [-0.3, -0.25) is 10.1 Å². The number of aryl methyl sites for hydroxylation is 1. The molecule has 4 rings (SSSR count). The molecule has 0 aliphatic heterocycles. The fourth-order valence-electron chi connectivity index (χ4n) is 3.94. The molecule has 3 aromatic rings. The number of benzene rings is 2. The van der Waals surface area contributed by atoms with Crippen molar-refractivity contribution in [3.63, 3.8) is 0 Å². The molecule has 206 valence electrons. The molecule has 2 aromatic carbocycles. The van der Waals surface area contributed by atoms with E-state index in [1.165, 1.54) is 49.5 Å². The summed E-state index contributed by atoms with van der Waals surface area (Å²) in [6.07, 6.45) is 5.47. The van der Waals surface area contributed by atoms with Crippen molar-refractivity contribution in [3.8, 4) is 17.0 Å². The minimum Gasteiger partial charge on any atom is -0.496 e. The summed E-state index contributed by atoms with van der Waals surface area (Å²) in [5.41, 5.74) is 3.00. The number of carbonyl (C=O) groups is 2. The number of anilines is 1. The molecule has 2 N–H and O–H groups in total. The second kappa shape index (κ2) is 13.3. The Bertz CT molecular complexity index is 1360. The highest BCUT2D eigenvalue weighted by Gasteiger charge is 2.21. The maximum absolute atomic E-state index is 12.9. The first-order chi connectivity index (χ1) is 18.8. The van der Waals surface area contributed by atoms with E-state index in [-0.39, 0.29) is 26.9 Å². The number of aliphatic carboxylic acids is 1. The predicted octanol–water partition coefficient (Wildman–Crippen LogP) is 6.81. The number of nitrogens with one attached hydrogen (secondary N) is 1. The second-order valence-corrected chi connectivity index (χ2v) is 10.7. The van der Waals surface area contributed by atoms with Crippen molar-refractivity contribution in [2.75, 3.05) is 32.8 Å². The number of hydrogen-bond donors (Lipinski definition) is 2. The van der Waals surface area contributed by atoms with E-state index in [0.29, 0.717) is 10.8 Å². The quantitative estimate of drug-likeness (QED) is 0.128. The van der Waals surface area contributed by atoms with Gasteiger partial charge in [0.1, 0.15) is 5.75 Å². The molecule has 1 saturated carbocycles. The van der Waals surface area contributed by atoms with Gasteiger partial charge in [0.25, 0.3) is 5.91 Å². The number of carboxylic acids is 1. The molecule has 39 heavy (non-hydrogen) atoms. The first kappa shape index (κ1) is 28.9. The summed E-state index contributed by atoms with van der Waals surface area (Å²) in [5, 5.41) is 14.4. The lowest BCUT2D eigenvalue weighted by Crippen LogP contribution is -2.12. The molecule has 1 aliphatic rings. The van der Waals surface area contributed by atoms with Crippen molar-refractivity contribution in [1.82, 2.24) is 4.98 Å². The van der Waals surface area contributed by atoms with Crippen molar-refractivity contribution in [3.05, 3.63) is 68.2 Å². The summed E-state index contributed by atoms with van der Waals surface area (Å²) in [6, 6.07) is 8.74. The zero-order valence-electron chi connectivity index (χ0n) is 21.5. The van der Waals surface area contributed by atoms with Crippen LogP contribution in [0.3, 0.4) is 0 Å². The van der Waals surface area contributed by atoms with Gasteiger partial charge in [-0.1, -0.05) is 35.3 Å². The second-order valence-electron chi connectivity index (χ2n) is 8.98. The Labute approximate surface area is 240 Å². The molecule has 1 aliphatic carbocycles. The van der Waals surface area contributed by atoms with E-state index in [0.717, 1.165) is 48.8 Å². The van der Waals surface area contributed by atoms with Crippen molar-refractivity contribution in [2.24, 2.45) is 5.92 Å². The lowest BCUT2D eigenvalue weighted by molar-refractivity contribution is -0.135. The van der Waals surface area contributed by atoms with Gasteiger partial charge in [-0.15, -0.1) is 11.3 Å². The van der Waals surface area contributed by atoms with Gasteiger partial charge < -0.3 is 19.3 Å². The number of aromatic nitrogens is 1. The average Bonchev–Trinajstić information content (AvgIpc) is 3.63. The Morgan fingerprint density at radius 1 is 1.21 bits per heavy atom. The zero-order valence-corrected chi connectivity index (χ0v) is 23.8. The highest BCUT2D eigenvalue weighted by Crippen LogP contribution is 2.36. The molecule has 11 heteroatoms. The van der Waals surface area contributed by atoms with Gasteiger partial charge in [-0.2, -0.15) is 0 Å². The standard InChI is InChI=1S/C28H28Cl2N2O6S/c1-36-24(27(34)35)13-20-21(29)11-18(12-22(20)30)26(33)32-28-31-23(15-39-28)19-7-3-5-17(25(19)37-2)6-4-10-38-14-16-8-9-16/h3,5,7,11-13,15-16H,4,6,8-10,14H2,1-2H3,(H,34,35)(H,31,32,33). The number of carboxylic acid groups (broad SMARTS) is 1. The first-order valence-corrected chi connectivity index (χ1v) is 13.9. The molecule has 0 unspecified atom stereocenters. The molecule has 1 aromatic heterocycles. The summed E-state index contributed by atoms with van der Waals surface area (Å²) < 4.78 is 16.3. The fraction of sp³-hybridized carbons (Fsp3) is 0.321. The van der Waals surface area contributed by atoms with Gasteiger partial charge in [0.05, 0.1) is 30.0 Å². The van der Waals surface area contributed by atoms with Crippen LogP contribution in [0, 0.1) is 5.92 Å². The molecule has 8 nitrogen and oxygen atoms in total. The molecule has 0 bridgehead atoms. The van der Waals surface area contributed by atoms with E-state index in [9.17, 15) is 9.59 Å². The van der Waals surface area contributed by atoms with Gasteiger partial charge in [-0.05, 0) is 61.4 Å². The number of thiazole rings is 1. The summed E-state index contributed by atoms with van der Waals surface area (Å²) >= 11 is 13.9. The Morgan fingerprint density at radius 3 is 2.59 bits per heavy atom. The largest absolute Gasteiger partial charge is 0.496 e. The Balaban J connectivity index is 1.45. The summed E-state index contributed by atoms with van der Waals surface area (Å²) in [7, 11) is 2.86. The fourth-order valence-corrected chi connectivity index (χ4v) is 5.24. The van der Waals surface area contributed by atoms with E-state index in [2.05, 4.69) is 10.3 Å². The number of rotatable bonds is 13. The molecule has 1 amide bonds. The number of carbonyl (C=O) groups excluding carboxylic acids is 1. The van der Waals surface area contributed by atoms with Crippen LogP contribution in [-0.2, 0) is 20.7 Å². The average molecular weight is 592 g/mol. The van der Waals surface area contributed by atoms with Crippen LogP contribution < -0.4 is 10.1 Å². The normalized spacial score (nSPS) is 13.3. The third-order valence-electron chi connectivity index (χ3n) is 6.13. The van der Waals surface area contributed by atoms with Crippen LogP contribution in [0.25, 0.3) is 17.3 Å². The van der Waals surface area contributed by atoms with E-state index >= 15 is 0 Å². The van der Waals surface area contributed by atoms with Crippen LogP contribution in [0.5, 0.6) is 5.75 Å². The van der Waals surface area contributed by atoms with Crippen LogP contribution >= 0.6 is 34.5 Å². The summed E-state index contributed by atoms with van der Waals surface area (Å²) in [5.74, 6) is -0.575. The van der Waals surface area contributed by atoms with E-state index in [4.69, 9.17) is 42.5 Å². The maximum Gasteiger partial charge on any atom is 0.371 e. The van der Waals surface area contributed by atoms with Crippen LogP contribution in [-0.4, -0.2) is 49.4 Å². The molecule has 0 atom stereocenters. The number of hydrogen-bond acceptors (Lipinski definition) is 7. The number of halogens is 2. The summed E-state index contributed by atoms with van der Waals surface area (Å²) in [4.78, 5) is 28.7. The molecular formula is C28H28Cl2N2O6S. The molecular weight excluding hydrogens is 563 g/mol. The number of para-hydroxylation sites is 1. The number of nitrogens with zero attached hydrogens (tertiary/aromatic N) is 1. The minimum atomic E-state index is -1.27. The summed E-state index contributed by atoms with van der Waals surface area (Å²) in [6.45, 7) is 1.57. The van der Waals surface area contributed by atoms with Gasteiger partial charge >= 0.3 is 5.97 Å². The number of amides is 1. The van der Waals surface area contributed by atoms with Crippen molar-refractivity contribution in [2.45, 2.75) is 25.7 Å². The molecule has 1 heterocycles. The van der Waals surface area contributed by atoms with Crippen LogP contribution in [0.4, 0.5) is 5.13 Å². The molecule has 1 fully saturated rings. The maximum atomic E-state index is 12.9. The Morgan fingerprint density at radius 2 is 1.95 bits per heavy atom. The van der Waals surface area contributed by atoms with Crippen LogP contribution in [0.1, 0.15) is 40.7 Å². The minimum absolute atomic E-state index is 0.0998. The van der Waals surface area contributed by atoms with Crippen LogP contribution in [0.2, 0.25) is 10.0 Å². The highest BCUT2D eigenvalue weighted by molar-refractivity contribution is 7.14. The smallest absolute Gasteiger partial charge is 0.371 e. The zero-order chi connectivity index (χ0) is 27.9. The van der Waals surface area contributed by atoms with Gasteiger partial charge in [0.15, 0.2) is 5.13 Å². The lowest BCUT2D eigenvalue weighted by Gasteiger charge is -2.12. The predicted molar refractivity (Wildman–Crippen MR) is 153 cm³/mol. The monoisotopic (exact) mass is 590 g/mol. The van der Waals surface area contributed by atoms with Gasteiger partial charge in [-0.25, -0.2) is 9.78 Å². The van der Waals surface area contributed by atoms with E-state index in [1.807, 2.05) is 23.6 Å². The van der Waals surface area contributed by atoms with Gasteiger partial charge in [0.2, 0.25) is 5.76 Å². The SMILES string of the molecule is COC(=Cc1c(Cl)cc(C(=O)Nc2nc(-c3cccc(CCCOCC4CC4)c3OC)cs2)cc1Cl)C(=O)O. The Kier molecular flexibility index (Phi) is 9.85. The third-order valence-corrected chi connectivity index (χ3v) is 7.52. The van der Waals surface area contributed by atoms with Crippen molar-refractivity contribution >= 4 is 57.6 Å². The third kappa shape index (κ3) is 7.51. The van der Waals surface area contributed by atoms with Crippen molar-refractivity contribution in [1.29, 1.82) is 0 Å². The topological polar surface area (TPSA) is 107 Å². The molecule has 0 spiro atoms. The van der Waals surface area contributed by atoms with Crippen molar-refractivity contribution < 1.29 is 28.9 Å². The lowest BCUT2D eigenvalue weighted by atomic mass is 10.0. The highest BCUT2D eigenvalue weighted by atomic mass is 35.5. The molecule has 0 radical (unpaired) electrons. The number of ether oxygens (including phenoxy) is 3. The first-order valence-electron chi connectivity index (χ1n) is 12.3. The van der Waals surface area contributed by atoms with E-state index < -0.39 is 11.9 Å². The Hall–Kier alpha value is -3.11. The van der Waals surface area contributed by atoms with Crippen LogP contribution in [0.15, 0.2) is 41.5 Å². The van der Waals surface area contributed by atoms with E-state index in [1.54, 1.807) is 7.11 Å². The molecule has 0 saturated heterocycles. The number of methoxy groups -OCH3 is 2.